The van der Waals surface area contributed by atoms with Crippen LogP contribution in [0.5, 0.6) is 11.5 Å². The number of amides is 1. The summed E-state index contributed by atoms with van der Waals surface area (Å²) in [5, 5.41) is 2.76. The second-order valence-corrected chi connectivity index (χ2v) is 8.94. The van der Waals surface area contributed by atoms with Crippen molar-refractivity contribution in [3.8, 4) is 11.5 Å². The van der Waals surface area contributed by atoms with Gasteiger partial charge < -0.3 is 14.8 Å². The van der Waals surface area contributed by atoms with E-state index < -0.39 is 10.0 Å². The molecule has 7 nitrogen and oxygen atoms in total. The quantitative estimate of drug-likeness (QED) is 0.665. The molecule has 0 atom stereocenters. The molecule has 0 bridgehead atoms. The summed E-state index contributed by atoms with van der Waals surface area (Å²) in [5.41, 5.74) is 2.70. The second-order valence-electron chi connectivity index (χ2n) is 6.85. The zero-order valence-electron chi connectivity index (χ0n) is 16.7. The van der Waals surface area contributed by atoms with Crippen LogP contribution in [0.4, 0.5) is 0 Å². The lowest BCUT2D eigenvalue weighted by atomic mass is 10.0. The summed E-state index contributed by atoms with van der Waals surface area (Å²) < 4.78 is 37.2. The predicted molar refractivity (Wildman–Crippen MR) is 111 cm³/mol. The molecule has 2 aromatic rings. The fourth-order valence-electron chi connectivity index (χ4n) is 3.37. The Bertz CT molecular complexity index is 975. The lowest BCUT2D eigenvalue weighted by Crippen LogP contribution is -2.38. The molecule has 0 fully saturated rings. The van der Waals surface area contributed by atoms with Gasteiger partial charge in [0.05, 0.1) is 20.0 Å². The second kappa shape index (κ2) is 9.28. The monoisotopic (exact) mass is 418 g/mol. The van der Waals surface area contributed by atoms with E-state index in [0.717, 1.165) is 12.0 Å². The van der Waals surface area contributed by atoms with Crippen LogP contribution in [-0.2, 0) is 23.0 Å². The first kappa shape index (κ1) is 21.1. The van der Waals surface area contributed by atoms with Gasteiger partial charge in [-0.2, -0.15) is 4.31 Å². The van der Waals surface area contributed by atoms with Gasteiger partial charge in [-0.25, -0.2) is 8.42 Å². The normalized spacial score (nSPS) is 14.1. The number of nitrogens with zero attached hydrogens (tertiary/aromatic N) is 1. The number of rotatable bonds is 8. The van der Waals surface area contributed by atoms with E-state index in [1.165, 1.54) is 24.1 Å². The molecule has 8 heteroatoms. The van der Waals surface area contributed by atoms with Crippen LogP contribution in [0.2, 0.25) is 0 Å². The van der Waals surface area contributed by atoms with E-state index in [-0.39, 0.29) is 18.2 Å². The maximum atomic E-state index is 12.6. The molecular weight excluding hydrogens is 392 g/mol. The van der Waals surface area contributed by atoms with E-state index in [1.807, 2.05) is 24.3 Å². The number of carbonyl (C=O) groups excluding carboxylic acids is 1. The Morgan fingerprint density at radius 3 is 2.52 bits per heavy atom. The van der Waals surface area contributed by atoms with Crippen molar-refractivity contribution in [2.75, 3.05) is 33.1 Å². The first-order valence-electron chi connectivity index (χ1n) is 9.49. The zero-order chi connectivity index (χ0) is 20.9. The van der Waals surface area contributed by atoms with Crippen molar-refractivity contribution in [2.24, 2.45) is 0 Å². The summed E-state index contributed by atoms with van der Waals surface area (Å²) in [5.74, 6) is 0.725. The van der Waals surface area contributed by atoms with E-state index in [1.54, 1.807) is 18.2 Å². The molecule has 1 heterocycles. The number of ether oxygens (including phenoxy) is 2. The average Bonchev–Trinajstić information content (AvgIpc) is 2.75. The third-order valence-corrected chi connectivity index (χ3v) is 6.90. The Kier molecular flexibility index (Phi) is 6.76. The van der Waals surface area contributed by atoms with Gasteiger partial charge in [0.2, 0.25) is 10.0 Å². The topological polar surface area (TPSA) is 84.9 Å². The van der Waals surface area contributed by atoms with Crippen molar-refractivity contribution in [1.82, 2.24) is 9.62 Å². The van der Waals surface area contributed by atoms with Crippen LogP contribution in [-0.4, -0.2) is 51.7 Å². The highest BCUT2D eigenvalue weighted by Crippen LogP contribution is 2.27. The van der Waals surface area contributed by atoms with Gasteiger partial charge in [-0.05, 0) is 42.2 Å². The number of nitrogens with one attached hydrogen (secondary N) is 1. The van der Waals surface area contributed by atoms with E-state index in [9.17, 15) is 13.2 Å². The molecule has 2 aromatic carbocycles. The minimum absolute atomic E-state index is 0.00137. The Hall–Kier alpha value is -2.58. The van der Waals surface area contributed by atoms with E-state index in [0.29, 0.717) is 36.6 Å². The summed E-state index contributed by atoms with van der Waals surface area (Å²) in [7, 11) is -0.333. The fraction of sp³-hybridized carbons (Fsp3) is 0.381. The maximum absolute atomic E-state index is 12.6. The largest absolute Gasteiger partial charge is 0.493 e. The van der Waals surface area contributed by atoms with Crippen molar-refractivity contribution >= 4 is 15.9 Å². The summed E-state index contributed by atoms with van der Waals surface area (Å²) in [4.78, 5) is 12.3. The smallest absolute Gasteiger partial charge is 0.251 e. The van der Waals surface area contributed by atoms with Gasteiger partial charge in [-0.15, -0.1) is 0 Å². The minimum Gasteiger partial charge on any atom is -0.493 e. The fourth-order valence-corrected chi connectivity index (χ4v) is 4.84. The van der Waals surface area contributed by atoms with Crippen LogP contribution in [0, 0.1) is 0 Å². The number of methoxy groups -OCH3 is 2. The molecule has 1 amide bonds. The Labute approximate surface area is 171 Å². The van der Waals surface area contributed by atoms with E-state index in [4.69, 9.17) is 9.47 Å². The number of hydrogen-bond donors (Lipinski definition) is 1. The van der Waals surface area contributed by atoms with Crippen molar-refractivity contribution in [1.29, 1.82) is 0 Å². The van der Waals surface area contributed by atoms with Gasteiger partial charge in [-0.1, -0.05) is 24.3 Å². The molecule has 0 radical (unpaired) electrons. The van der Waals surface area contributed by atoms with Crippen LogP contribution in [0.25, 0.3) is 0 Å². The van der Waals surface area contributed by atoms with Crippen molar-refractivity contribution in [3.05, 3.63) is 59.2 Å². The summed E-state index contributed by atoms with van der Waals surface area (Å²) >= 11 is 0. The molecule has 0 aromatic heterocycles. The Balaban J connectivity index is 1.50. The number of carbonyl (C=O) groups is 1. The molecule has 1 aliphatic rings. The highest BCUT2D eigenvalue weighted by atomic mass is 32.2. The lowest BCUT2D eigenvalue weighted by Gasteiger charge is -2.28. The molecule has 1 aliphatic heterocycles. The summed E-state index contributed by atoms with van der Waals surface area (Å²) in [6, 6.07) is 12.8. The highest BCUT2D eigenvalue weighted by molar-refractivity contribution is 7.89. The van der Waals surface area contributed by atoms with Gasteiger partial charge in [0.25, 0.3) is 5.91 Å². The molecular formula is C21H26N2O5S. The molecule has 0 saturated carbocycles. The third-order valence-electron chi connectivity index (χ3n) is 5.00. The standard InChI is InChI=1S/C21H26N2O5S/c1-27-19-9-8-17(14-20(19)28-2)21(24)22-11-5-13-29(25,26)23-12-10-16-6-3-4-7-18(16)15-23/h3-4,6-9,14H,5,10-13,15H2,1-2H3,(H,22,24). The molecule has 29 heavy (non-hydrogen) atoms. The molecule has 0 saturated heterocycles. The molecule has 0 spiro atoms. The first-order chi connectivity index (χ1) is 13.9. The van der Waals surface area contributed by atoms with Crippen LogP contribution < -0.4 is 14.8 Å². The van der Waals surface area contributed by atoms with Crippen LogP contribution in [0.3, 0.4) is 0 Å². The van der Waals surface area contributed by atoms with Gasteiger partial charge >= 0.3 is 0 Å². The van der Waals surface area contributed by atoms with E-state index >= 15 is 0 Å². The van der Waals surface area contributed by atoms with Crippen LogP contribution >= 0.6 is 0 Å². The molecule has 1 N–H and O–H groups in total. The maximum Gasteiger partial charge on any atom is 0.251 e. The molecule has 0 unspecified atom stereocenters. The predicted octanol–water partition coefficient (Wildman–Crippen LogP) is 2.21. The molecule has 3 rings (SSSR count). The number of sulfonamides is 1. The average molecular weight is 419 g/mol. The van der Waals surface area contributed by atoms with Crippen molar-refractivity contribution in [3.63, 3.8) is 0 Å². The van der Waals surface area contributed by atoms with E-state index in [2.05, 4.69) is 5.32 Å². The SMILES string of the molecule is COc1ccc(C(=O)NCCCS(=O)(=O)N2CCc3ccccc3C2)cc1OC. The van der Waals surface area contributed by atoms with Crippen LogP contribution in [0.1, 0.15) is 27.9 Å². The highest BCUT2D eigenvalue weighted by Gasteiger charge is 2.26. The summed E-state index contributed by atoms with van der Waals surface area (Å²) in [6.07, 6.45) is 1.07. The number of benzene rings is 2. The molecule has 0 aliphatic carbocycles. The van der Waals surface area contributed by atoms with Gasteiger partial charge in [0, 0.05) is 25.2 Å². The Morgan fingerprint density at radius 2 is 1.79 bits per heavy atom. The summed E-state index contributed by atoms with van der Waals surface area (Å²) in [6.45, 7) is 1.19. The first-order valence-corrected chi connectivity index (χ1v) is 11.1. The van der Waals surface area contributed by atoms with Gasteiger partial charge in [-0.3, -0.25) is 4.79 Å². The molecule has 156 valence electrons. The van der Waals surface area contributed by atoms with Crippen LogP contribution in [0.15, 0.2) is 42.5 Å². The van der Waals surface area contributed by atoms with Gasteiger partial charge in [0.15, 0.2) is 11.5 Å². The number of hydrogen-bond acceptors (Lipinski definition) is 5. The third kappa shape index (κ3) is 5.07. The number of fused-ring (bicyclic) bond motifs is 1. The van der Waals surface area contributed by atoms with Gasteiger partial charge in [0.1, 0.15) is 0 Å². The van der Waals surface area contributed by atoms with Crippen molar-refractivity contribution in [2.45, 2.75) is 19.4 Å². The van der Waals surface area contributed by atoms with Crippen molar-refractivity contribution < 1.29 is 22.7 Å². The lowest BCUT2D eigenvalue weighted by molar-refractivity contribution is 0.0953. The zero-order valence-corrected chi connectivity index (χ0v) is 17.5. The minimum atomic E-state index is -3.36. The Morgan fingerprint density at radius 1 is 1.07 bits per heavy atom.